The molecular weight excluding hydrogens is 344 g/mol. The summed E-state index contributed by atoms with van der Waals surface area (Å²) >= 11 is 0. The summed E-state index contributed by atoms with van der Waals surface area (Å²) in [6.07, 6.45) is 1.25. The van der Waals surface area contributed by atoms with Gasteiger partial charge in [0.2, 0.25) is 0 Å². The Morgan fingerprint density at radius 1 is 0.786 bits per heavy atom. The van der Waals surface area contributed by atoms with Crippen LogP contribution >= 0.6 is 0 Å². The number of hydrogen-bond acceptors (Lipinski definition) is 2. The predicted molar refractivity (Wildman–Crippen MR) is 124 cm³/mol. The van der Waals surface area contributed by atoms with Gasteiger partial charge in [0.05, 0.1) is 11.0 Å². The van der Waals surface area contributed by atoms with Crippen molar-refractivity contribution in [2.24, 2.45) is 0 Å². The maximum atomic E-state index is 12.9. The molecule has 0 amide bonds. The zero-order valence-corrected chi connectivity index (χ0v) is 17.8. The summed E-state index contributed by atoms with van der Waals surface area (Å²) in [5, 5.41) is 3.86. The Kier molecular flexibility index (Phi) is 7.51. The minimum Gasteiger partial charge on any atom is -0.268 e. The second-order valence-electron chi connectivity index (χ2n) is 5.98. The number of pyridine rings is 1. The van der Waals surface area contributed by atoms with Crippen LogP contribution in [-0.2, 0) is 0 Å². The van der Waals surface area contributed by atoms with Crippen molar-refractivity contribution in [2.75, 3.05) is 0 Å². The van der Waals surface area contributed by atoms with Crippen molar-refractivity contribution in [3.8, 4) is 0 Å². The molecule has 3 nitrogen and oxygen atoms in total. The van der Waals surface area contributed by atoms with Crippen LogP contribution in [0.2, 0.25) is 0 Å². The molecule has 0 bridgehead atoms. The topological polar surface area (TPSA) is 34.4 Å². The Hall–Kier alpha value is -2.94. The first kappa shape index (κ1) is 21.4. The second kappa shape index (κ2) is 9.84. The fourth-order valence-electron chi connectivity index (χ4n) is 3.24. The molecule has 0 saturated heterocycles. The van der Waals surface area contributed by atoms with Gasteiger partial charge in [-0.25, -0.2) is 4.98 Å². The maximum Gasteiger partial charge on any atom is 0.264 e. The summed E-state index contributed by atoms with van der Waals surface area (Å²) in [6.45, 7) is 12.2. The van der Waals surface area contributed by atoms with E-state index in [9.17, 15) is 4.79 Å². The minimum absolute atomic E-state index is 0.00278. The average molecular weight is 375 g/mol. The molecule has 0 atom stereocenters. The number of para-hydroxylation sites is 2. The summed E-state index contributed by atoms with van der Waals surface area (Å²) in [5.74, 6) is 0. The molecule has 0 aliphatic rings. The molecule has 0 spiro atoms. The van der Waals surface area contributed by atoms with Gasteiger partial charge >= 0.3 is 0 Å². The van der Waals surface area contributed by atoms with E-state index in [2.05, 4.69) is 18.8 Å². The molecular formula is C25H30N2O. The van der Waals surface area contributed by atoms with Gasteiger partial charge in [-0.3, -0.25) is 9.20 Å². The van der Waals surface area contributed by atoms with Crippen molar-refractivity contribution in [1.29, 1.82) is 0 Å². The quantitative estimate of drug-likeness (QED) is 0.291. The van der Waals surface area contributed by atoms with Crippen LogP contribution in [0.3, 0.4) is 0 Å². The molecule has 0 radical (unpaired) electrons. The van der Waals surface area contributed by atoms with E-state index >= 15 is 0 Å². The Bertz CT molecular complexity index is 1220. The highest BCUT2D eigenvalue weighted by molar-refractivity contribution is 6.15. The molecule has 0 N–H and O–H groups in total. The molecule has 2 aromatic heterocycles. The van der Waals surface area contributed by atoms with Crippen LogP contribution in [0.1, 0.15) is 48.0 Å². The lowest BCUT2D eigenvalue weighted by molar-refractivity contribution is 1.09. The first-order valence-corrected chi connectivity index (χ1v) is 10.3. The summed E-state index contributed by atoms with van der Waals surface area (Å²) in [5.41, 5.74) is 2.46. The third kappa shape index (κ3) is 3.57. The van der Waals surface area contributed by atoms with Crippen molar-refractivity contribution in [1.82, 2.24) is 9.38 Å². The highest BCUT2D eigenvalue weighted by Gasteiger charge is 2.14. The van der Waals surface area contributed by atoms with E-state index in [0.29, 0.717) is 0 Å². The zero-order chi connectivity index (χ0) is 20.7. The summed E-state index contributed by atoms with van der Waals surface area (Å²) in [6, 6.07) is 19.7. The summed E-state index contributed by atoms with van der Waals surface area (Å²) in [4.78, 5) is 17.6. The fourth-order valence-corrected chi connectivity index (χ4v) is 3.24. The summed E-state index contributed by atoms with van der Waals surface area (Å²) < 4.78 is 1.73. The van der Waals surface area contributed by atoms with E-state index in [1.165, 1.54) is 6.42 Å². The number of benzene rings is 3. The van der Waals surface area contributed by atoms with E-state index in [1.54, 1.807) is 4.40 Å². The maximum absolute atomic E-state index is 12.9. The van der Waals surface area contributed by atoms with Crippen LogP contribution in [0.25, 0.3) is 38.2 Å². The molecule has 146 valence electrons. The van der Waals surface area contributed by atoms with Gasteiger partial charge in [-0.1, -0.05) is 90.4 Å². The average Bonchev–Trinajstić information content (AvgIpc) is 3.15. The highest BCUT2D eigenvalue weighted by atomic mass is 16.1. The zero-order valence-electron chi connectivity index (χ0n) is 17.8. The number of hydrogen-bond donors (Lipinski definition) is 0. The van der Waals surface area contributed by atoms with Gasteiger partial charge in [0.1, 0.15) is 5.65 Å². The molecule has 0 aliphatic carbocycles. The van der Waals surface area contributed by atoms with Gasteiger partial charge < -0.3 is 0 Å². The van der Waals surface area contributed by atoms with Gasteiger partial charge in [0.25, 0.3) is 5.56 Å². The van der Waals surface area contributed by atoms with E-state index in [0.717, 1.165) is 38.2 Å². The molecule has 3 aromatic carbocycles. The van der Waals surface area contributed by atoms with Crippen molar-refractivity contribution in [3.05, 3.63) is 71.0 Å². The lowest BCUT2D eigenvalue weighted by Crippen LogP contribution is -2.13. The predicted octanol–water partition coefficient (Wildman–Crippen LogP) is 7.06. The Morgan fingerprint density at radius 3 is 2.00 bits per heavy atom. The van der Waals surface area contributed by atoms with Crippen molar-refractivity contribution in [3.63, 3.8) is 0 Å². The lowest BCUT2D eigenvalue weighted by Gasteiger charge is -2.06. The first-order valence-electron chi connectivity index (χ1n) is 10.3. The summed E-state index contributed by atoms with van der Waals surface area (Å²) in [7, 11) is 0. The Balaban J connectivity index is 0.000000360. The monoisotopic (exact) mass is 374 g/mol. The van der Waals surface area contributed by atoms with Crippen molar-refractivity contribution < 1.29 is 0 Å². The number of aromatic nitrogens is 2. The number of rotatable bonds is 0. The third-order valence-electron chi connectivity index (χ3n) is 4.14. The highest BCUT2D eigenvalue weighted by Crippen LogP contribution is 2.29. The van der Waals surface area contributed by atoms with Crippen LogP contribution in [0, 0.1) is 0 Å². The molecule has 0 saturated carbocycles. The molecule has 5 rings (SSSR count). The molecule has 0 aliphatic heterocycles. The third-order valence-corrected chi connectivity index (χ3v) is 4.14. The molecule has 3 heteroatoms. The Labute approximate surface area is 167 Å². The van der Waals surface area contributed by atoms with E-state index < -0.39 is 0 Å². The largest absolute Gasteiger partial charge is 0.268 e. The van der Waals surface area contributed by atoms with E-state index in [1.807, 2.05) is 88.4 Å². The molecule has 2 heterocycles. The van der Waals surface area contributed by atoms with Crippen LogP contribution < -0.4 is 5.56 Å². The van der Waals surface area contributed by atoms with Crippen LogP contribution in [0.5, 0.6) is 0 Å². The molecule has 28 heavy (non-hydrogen) atoms. The fraction of sp³-hybridized carbons (Fsp3) is 0.280. The molecule has 5 aromatic rings. The molecule has 0 fully saturated rings. The smallest absolute Gasteiger partial charge is 0.264 e. The molecule has 0 unspecified atom stereocenters. The van der Waals surface area contributed by atoms with Gasteiger partial charge in [-0.15, -0.1) is 0 Å². The number of fused-ring (bicyclic) bond motifs is 4. The van der Waals surface area contributed by atoms with Gasteiger partial charge in [0, 0.05) is 16.2 Å². The van der Waals surface area contributed by atoms with E-state index in [4.69, 9.17) is 0 Å². The Morgan fingerprint density at radius 2 is 1.36 bits per heavy atom. The SMILES string of the molecule is CC.CC.CCC.O=c1c2cccc3cccc(c32)c2nc3ccccc3n12. The first-order chi connectivity index (χ1) is 13.8. The minimum atomic E-state index is 0.00278. The number of imidazole rings is 1. The second-order valence-corrected chi connectivity index (χ2v) is 5.98. The normalized spacial score (nSPS) is 10.1. The van der Waals surface area contributed by atoms with Gasteiger partial charge in [0.15, 0.2) is 0 Å². The van der Waals surface area contributed by atoms with Crippen LogP contribution in [0.15, 0.2) is 65.5 Å². The van der Waals surface area contributed by atoms with Crippen LogP contribution in [-0.4, -0.2) is 9.38 Å². The van der Waals surface area contributed by atoms with Gasteiger partial charge in [-0.05, 0) is 23.6 Å². The van der Waals surface area contributed by atoms with E-state index in [-0.39, 0.29) is 5.56 Å². The van der Waals surface area contributed by atoms with Crippen molar-refractivity contribution >= 4 is 38.2 Å². The van der Waals surface area contributed by atoms with Gasteiger partial charge in [-0.2, -0.15) is 0 Å². The van der Waals surface area contributed by atoms with Crippen molar-refractivity contribution in [2.45, 2.75) is 48.0 Å². The van der Waals surface area contributed by atoms with Crippen LogP contribution in [0.4, 0.5) is 0 Å². The lowest BCUT2D eigenvalue weighted by atomic mass is 10.0. The standard InChI is InChI=1S/C18H10N2O.C3H8.2C2H6/c21-18-13-8-4-6-11-5-3-7-12(16(11)13)17-19-14-9-1-2-10-15(14)20(17)18;1-3-2;2*1-2/h1-10H;3H2,1-2H3;2*1-2H3. The number of nitrogens with zero attached hydrogens (tertiary/aromatic N) is 2.